The zero-order valence-electron chi connectivity index (χ0n) is 9.28. The van der Waals surface area contributed by atoms with E-state index in [9.17, 15) is 18.0 Å². The number of alkyl halides is 3. The Bertz CT molecular complexity index is 527. The molecule has 0 spiro atoms. The number of benzene rings is 1. The molecule has 0 aliphatic heterocycles. The highest BCUT2D eigenvalue weighted by Gasteiger charge is 2.30. The van der Waals surface area contributed by atoms with E-state index in [2.05, 4.69) is 9.58 Å². The van der Waals surface area contributed by atoms with Gasteiger partial charge in [0.25, 0.3) is 0 Å². The molecule has 0 aliphatic carbocycles. The number of carbonyl (C=O) groups is 1. The average molecular weight is 255 g/mol. The Morgan fingerprint density at radius 2 is 2.11 bits per heavy atom. The van der Waals surface area contributed by atoms with E-state index in [0.717, 1.165) is 37.5 Å². The molecule has 94 valence electrons. The maximum Gasteiger partial charge on any atom is 0.416 e. The Morgan fingerprint density at radius 1 is 1.44 bits per heavy atom. The molecule has 0 bridgehead atoms. The third kappa shape index (κ3) is 3.35. The number of hydrogen-bond acceptors (Lipinski definition) is 2. The summed E-state index contributed by atoms with van der Waals surface area (Å²) in [6.07, 6.45) is -2.41. The van der Waals surface area contributed by atoms with Crippen LogP contribution in [0, 0.1) is 6.57 Å². The van der Waals surface area contributed by atoms with Gasteiger partial charge in [0.2, 0.25) is 0 Å². The van der Waals surface area contributed by atoms with Crippen molar-refractivity contribution in [1.29, 1.82) is 0 Å². The van der Waals surface area contributed by atoms with Crippen LogP contribution in [0.2, 0.25) is 0 Å². The Hall–Kier alpha value is -2.29. The molecule has 1 aromatic carbocycles. The van der Waals surface area contributed by atoms with Gasteiger partial charge in [0.05, 0.1) is 19.2 Å². The van der Waals surface area contributed by atoms with Crippen molar-refractivity contribution >= 4 is 17.7 Å². The van der Waals surface area contributed by atoms with Gasteiger partial charge < -0.3 is 4.74 Å². The van der Waals surface area contributed by atoms with Crippen molar-refractivity contribution in [1.82, 2.24) is 0 Å². The SMILES string of the molecule is [C-]#[N+]c1ccc(C(F)(F)F)cc1/C=C/C(=O)OC. The Balaban J connectivity index is 3.20. The standard InChI is InChI=1S/C12H8F3NO2/c1-16-10-5-4-9(12(13,14)15)7-8(10)3-6-11(17)18-2/h3-7H,2H3/b6-3+. The van der Waals surface area contributed by atoms with Crippen molar-refractivity contribution in [2.45, 2.75) is 6.18 Å². The number of nitrogens with zero attached hydrogens (tertiary/aromatic N) is 1. The van der Waals surface area contributed by atoms with E-state index in [4.69, 9.17) is 6.57 Å². The number of halogens is 3. The first-order chi connectivity index (χ1) is 8.38. The van der Waals surface area contributed by atoms with Gasteiger partial charge in [-0.2, -0.15) is 13.2 Å². The first-order valence-corrected chi connectivity index (χ1v) is 4.73. The van der Waals surface area contributed by atoms with E-state index in [-0.39, 0.29) is 11.3 Å². The van der Waals surface area contributed by atoms with Crippen LogP contribution in [0.1, 0.15) is 11.1 Å². The summed E-state index contributed by atoms with van der Waals surface area (Å²) in [7, 11) is 1.15. The van der Waals surface area contributed by atoms with Crippen LogP contribution in [0.15, 0.2) is 24.3 Å². The molecular formula is C12H8F3NO2. The van der Waals surface area contributed by atoms with Gasteiger partial charge in [-0.05, 0) is 5.56 Å². The van der Waals surface area contributed by atoms with Gasteiger partial charge in [0.15, 0.2) is 5.69 Å². The maximum absolute atomic E-state index is 12.5. The van der Waals surface area contributed by atoms with Crippen molar-refractivity contribution in [2.24, 2.45) is 0 Å². The number of carbonyl (C=O) groups excluding carboxylic acids is 1. The number of methoxy groups -OCH3 is 1. The van der Waals surface area contributed by atoms with E-state index in [1.54, 1.807) is 0 Å². The lowest BCUT2D eigenvalue weighted by Crippen LogP contribution is -2.04. The first kappa shape index (κ1) is 13.8. The topological polar surface area (TPSA) is 30.7 Å². The lowest BCUT2D eigenvalue weighted by atomic mass is 10.1. The normalized spacial score (nSPS) is 11.3. The molecule has 18 heavy (non-hydrogen) atoms. The van der Waals surface area contributed by atoms with Gasteiger partial charge in [-0.3, -0.25) is 0 Å². The fraction of sp³-hybridized carbons (Fsp3) is 0.167. The zero-order chi connectivity index (χ0) is 13.8. The second kappa shape index (κ2) is 5.36. The Kier molecular flexibility index (Phi) is 4.10. The lowest BCUT2D eigenvalue weighted by molar-refractivity contribution is -0.137. The van der Waals surface area contributed by atoms with Crippen molar-refractivity contribution in [3.05, 3.63) is 46.8 Å². The predicted molar refractivity (Wildman–Crippen MR) is 58.8 cm³/mol. The number of esters is 1. The Morgan fingerprint density at radius 3 is 2.61 bits per heavy atom. The molecule has 0 atom stereocenters. The minimum atomic E-state index is -4.49. The predicted octanol–water partition coefficient (Wildman–Crippen LogP) is 3.44. The molecule has 0 fully saturated rings. The summed E-state index contributed by atoms with van der Waals surface area (Å²) in [5.41, 5.74) is -0.826. The van der Waals surface area contributed by atoms with E-state index >= 15 is 0 Å². The molecule has 1 aromatic rings. The second-order valence-electron chi connectivity index (χ2n) is 3.24. The monoisotopic (exact) mass is 255 g/mol. The fourth-order valence-corrected chi connectivity index (χ4v) is 1.19. The molecule has 3 nitrogen and oxygen atoms in total. The molecule has 0 heterocycles. The first-order valence-electron chi connectivity index (χ1n) is 4.73. The smallest absolute Gasteiger partial charge is 0.416 e. The minimum absolute atomic E-state index is 0.0187. The number of hydrogen-bond donors (Lipinski definition) is 0. The highest BCUT2D eigenvalue weighted by molar-refractivity contribution is 5.88. The van der Waals surface area contributed by atoms with Gasteiger partial charge in [0, 0.05) is 6.08 Å². The van der Waals surface area contributed by atoms with Crippen molar-refractivity contribution in [2.75, 3.05) is 7.11 Å². The minimum Gasteiger partial charge on any atom is -0.466 e. The van der Waals surface area contributed by atoms with Gasteiger partial charge in [-0.15, -0.1) is 0 Å². The Labute approximate surface area is 101 Å². The molecule has 0 saturated heterocycles. The van der Waals surface area contributed by atoms with Crippen LogP contribution in [0.25, 0.3) is 10.9 Å². The van der Waals surface area contributed by atoms with E-state index < -0.39 is 17.7 Å². The maximum atomic E-state index is 12.5. The zero-order valence-corrected chi connectivity index (χ0v) is 9.28. The summed E-state index contributed by atoms with van der Waals surface area (Å²) in [4.78, 5) is 13.9. The molecule has 0 N–H and O–H groups in total. The van der Waals surface area contributed by atoms with Gasteiger partial charge in [-0.1, -0.05) is 24.3 Å². The molecule has 0 amide bonds. The largest absolute Gasteiger partial charge is 0.466 e. The van der Waals surface area contributed by atoms with E-state index in [0.29, 0.717) is 0 Å². The van der Waals surface area contributed by atoms with Crippen LogP contribution in [0.5, 0.6) is 0 Å². The molecular weight excluding hydrogens is 247 g/mol. The molecule has 0 aliphatic rings. The summed E-state index contributed by atoms with van der Waals surface area (Å²) in [6.45, 7) is 6.84. The molecule has 1 rings (SSSR count). The highest BCUT2D eigenvalue weighted by atomic mass is 19.4. The highest BCUT2D eigenvalue weighted by Crippen LogP contribution is 2.33. The summed E-state index contributed by atoms with van der Waals surface area (Å²) in [6, 6.07) is 2.70. The van der Waals surface area contributed by atoms with Crippen LogP contribution in [-0.2, 0) is 15.7 Å². The van der Waals surface area contributed by atoms with Crippen molar-refractivity contribution in [3.8, 4) is 0 Å². The molecule has 0 radical (unpaired) electrons. The van der Waals surface area contributed by atoms with Gasteiger partial charge in [0.1, 0.15) is 0 Å². The summed E-state index contributed by atoms with van der Waals surface area (Å²) < 4.78 is 41.7. The van der Waals surface area contributed by atoms with E-state index in [1.807, 2.05) is 0 Å². The van der Waals surface area contributed by atoms with Gasteiger partial charge >= 0.3 is 12.1 Å². The molecule has 6 heteroatoms. The molecule has 0 saturated carbocycles. The quantitative estimate of drug-likeness (QED) is 0.460. The second-order valence-corrected chi connectivity index (χ2v) is 3.24. The summed E-state index contributed by atoms with van der Waals surface area (Å²) >= 11 is 0. The van der Waals surface area contributed by atoms with Crippen LogP contribution in [0.3, 0.4) is 0 Å². The number of ether oxygens (including phenoxy) is 1. The van der Waals surface area contributed by atoms with Gasteiger partial charge in [-0.25, -0.2) is 9.64 Å². The van der Waals surface area contributed by atoms with Crippen molar-refractivity contribution in [3.63, 3.8) is 0 Å². The average Bonchev–Trinajstić information content (AvgIpc) is 2.34. The van der Waals surface area contributed by atoms with E-state index in [1.165, 1.54) is 0 Å². The molecule has 0 aromatic heterocycles. The van der Waals surface area contributed by atoms with Crippen LogP contribution < -0.4 is 0 Å². The fourth-order valence-electron chi connectivity index (χ4n) is 1.19. The van der Waals surface area contributed by atoms with Crippen LogP contribution in [-0.4, -0.2) is 13.1 Å². The number of rotatable bonds is 2. The van der Waals surface area contributed by atoms with Crippen LogP contribution >= 0.6 is 0 Å². The lowest BCUT2D eigenvalue weighted by Gasteiger charge is -2.08. The summed E-state index contributed by atoms with van der Waals surface area (Å²) in [5.74, 6) is -0.705. The third-order valence-electron chi connectivity index (χ3n) is 2.08. The van der Waals surface area contributed by atoms with Crippen molar-refractivity contribution < 1.29 is 22.7 Å². The van der Waals surface area contributed by atoms with Crippen LogP contribution in [0.4, 0.5) is 18.9 Å². The summed E-state index contributed by atoms with van der Waals surface area (Å²) in [5, 5.41) is 0. The molecule has 0 unspecified atom stereocenters. The third-order valence-corrected chi connectivity index (χ3v) is 2.08.